The van der Waals surface area contributed by atoms with Crippen molar-refractivity contribution in [3.8, 4) is 16.9 Å². The quantitative estimate of drug-likeness (QED) is 0.536. The summed E-state index contributed by atoms with van der Waals surface area (Å²) in [6.45, 7) is 0. The van der Waals surface area contributed by atoms with Gasteiger partial charge in [-0.05, 0) is 35.9 Å². The normalized spacial score (nSPS) is 11.8. The number of carbonyl (C=O) groups is 1. The van der Waals surface area contributed by atoms with Crippen molar-refractivity contribution in [2.24, 2.45) is 0 Å². The Labute approximate surface area is 150 Å². The standard InChI is InChI=1S/C19H11F3N2O3/c20-19(21,22)11-2-1-3-12(8-11)24-18(26)16-14-9-13(25)17(27-14)15(16)10-4-6-23-7-5-10/h1-9,25H,(H,24,26). The number of carbonyl (C=O) groups excluding carboxylic acids is 1. The van der Waals surface area contributed by atoms with Crippen LogP contribution in [0.15, 0.2) is 59.3 Å². The predicted octanol–water partition coefficient (Wildman–Crippen LogP) is 4.91. The van der Waals surface area contributed by atoms with Gasteiger partial charge in [0.2, 0.25) is 0 Å². The van der Waals surface area contributed by atoms with Gasteiger partial charge >= 0.3 is 6.18 Å². The average molecular weight is 372 g/mol. The number of nitrogens with zero attached hydrogens (tertiary/aromatic N) is 1. The zero-order valence-corrected chi connectivity index (χ0v) is 13.5. The van der Waals surface area contributed by atoms with Gasteiger partial charge in [0.15, 0.2) is 11.3 Å². The van der Waals surface area contributed by atoms with Gasteiger partial charge < -0.3 is 14.8 Å². The maximum Gasteiger partial charge on any atom is 0.416 e. The molecule has 2 N–H and O–H groups in total. The van der Waals surface area contributed by atoms with Crippen molar-refractivity contribution >= 4 is 22.8 Å². The third-order valence-corrected chi connectivity index (χ3v) is 4.08. The van der Waals surface area contributed by atoms with Crippen LogP contribution in [0.25, 0.3) is 22.3 Å². The Kier molecular flexibility index (Phi) is 3.76. The molecule has 27 heavy (non-hydrogen) atoms. The number of halogens is 3. The SMILES string of the molecule is O=C(Nc1cccc(C(F)(F)F)c1)c1c(-c2ccncc2)c2oc1cc2O. The van der Waals surface area contributed by atoms with Gasteiger partial charge in [0.25, 0.3) is 5.91 Å². The molecule has 3 heterocycles. The van der Waals surface area contributed by atoms with Gasteiger partial charge in [-0.3, -0.25) is 9.78 Å². The fourth-order valence-corrected chi connectivity index (χ4v) is 2.91. The minimum absolute atomic E-state index is 0.00187. The summed E-state index contributed by atoms with van der Waals surface area (Å²) in [5, 5.41) is 12.4. The number of pyridine rings is 1. The highest BCUT2D eigenvalue weighted by atomic mass is 19.4. The van der Waals surface area contributed by atoms with E-state index in [0.717, 1.165) is 12.1 Å². The van der Waals surface area contributed by atoms with E-state index in [9.17, 15) is 23.1 Å². The number of anilines is 1. The monoisotopic (exact) mass is 372 g/mol. The van der Waals surface area contributed by atoms with Gasteiger partial charge in [0.05, 0.1) is 11.1 Å². The first-order valence-corrected chi connectivity index (χ1v) is 7.81. The first-order valence-electron chi connectivity index (χ1n) is 7.81. The van der Waals surface area contributed by atoms with Crippen LogP contribution in [0.1, 0.15) is 15.9 Å². The number of furan rings is 2. The largest absolute Gasteiger partial charge is 0.504 e. The average Bonchev–Trinajstić information content (AvgIpc) is 3.19. The van der Waals surface area contributed by atoms with Crippen LogP contribution in [-0.2, 0) is 6.18 Å². The molecule has 4 rings (SSSR count). The lowest BCUT2D eigenvalue weighted by Gasteiger charge is -2.11. The molecule has 0 atom stereocenters. The Balaban J connectivity index is 1.74. The molecule has 1 amide bonds. The van der Waals surface area contributed by atoms with Gasteiger partial charge in [-0.25, -0.2) is 0 Å². The number of fused-ring (bicyclic) bond motifs is 2. The highest BCUT2D eigenvalue weighted by molar-refractivity contribution is 6.17. The van der Waals surface area contributed by atoms with Crippen LogP contribution in [-0.4, -0.2) is 16.0 Å². The Bertz CT molecular complexity index is 1120. The van der Waals surface area contributed by atoms with Crippen molar-refractivity contribution in [3.05, 3.63) is 66.0 Å². The Morgan fingerprint density at radius 1 is 1.11 bits per heavy atom. The molecule has 3 aromatic heterocycles. The van der Waals surface area contributed by atoms with E-state index >= 15 is 0 Å². The molecule has 0 aliphatic heterocycles. The molecule has 136 valence electrons. The maximum atomic E-state index is 12.9. The first-order chi connectivity index (χ1) is 12.8. The van der Waals surface area contributed by atoms with Crippen LogP contribution in [0, 0.1) is 0 Å². The van der Waals surface area contributed by atoms with Crippen LogP contribution in [0.2, 0.25) is 0 Å². The molecule has 0 spiro atoms. The number of benzene rings is 2. The van der Waals surface area contributed by atoms with Crippen LogP contribution >= 0.6 is 0 Å². The van der Waals surface area contributed by atoms with Gasteiger partial charge in [-0.2, -0.15) is 13.2 Å². The lowest BCUT2D eigenvalue weighted by atomic mass is 9.99. The summed E-state index contributed by atoms with van der Waals surface area (Å²) in [5.41, 5.74) is 0.474. The highest BCUT2D eigenvalue weighted by Gasteiger charge is 2.31. The molecule has 0 radical (unpaired) electrons. The van der Waals surface area contributed by atoms with E-state index in [0.29, 0.717) is 11.1 Å². The van der Waals surface area contributed by atoms with Crippen molar-refractivity contribution in [2.45, 2.75) is 6.18 Å². The molecule has 0 unspecified atom stereocenters. The zero-order valence-electron chi connectivity index (χ0n) is 13.5. The molecular weight excluding hydrogens is 361 g/mol. The minimum Gasteiger partial charge on any atom is -0.504 e. The highest BCUT2D eigenvalue weighted by Crippen LogP contribution is 2.43. The fourth-order valence-electron chi connectivity index (χ4n) is 2.91. The molecule has 0 saturated carbocycles. The summed E-state index contributed by atoms with van der Waals surface area (Å²) in [7, 11) is 0. The van der Waals surface area contributed by atoms with Gasteiger partial charge in [0, 0.05) is 29.7 Å². The second kappa shape index (κ2) is 6.01. The number of hydrogen-bond acceptors (Lipinski definition) is 4. The summed E-state index contributed by atoms with van der Waals surface area (Å²) >= 11 is 0. The molecule has 0 aliphatic rings. The van der Waals surface area contributed by atoms with Crippen LogP contribution in [0.4, 0.5) is 18.9 Å². The van der Waals surface area contributed by atoms with E-state index in [1.165, 1.54) is 30.6 Å². The van der Waals surface area contributed by atoms with Gasteiger partial charge in [-0.1, -0.05) is 6.07 Å². The second-order valence-corrected chi connectivity index (χ2v) is 5.84. The molecule has 1 aromatic carbocycles. The lowest BCUT2D eigenvalue weighted by Crippen LogP contribution is -2.14. The van der Waals surface area contributed by atoms with E-state index in [1.54, 1.807) is 12.1 Å². The van der Waals surface area contributed by atoms with Crippen LogP contribution < -0.4 is 5.32 Å². The zero-order chi connectivity index (χ0) is 19.2. The number of aromatic nitrogens is 1. The number of hydrogen-bond donors (Lipinski definition) is 2. The van der Waals surface area contributed by atoms with Crippen molar-refractivity contribution in [3.63, 3.8) is 0 Å². The number of amides is 1. The Hall–Kier alpha value is -3.55. The summed E-state index contributed by atoms with van der Waals surface area (Å²) in [6.07, 6.45) is -1.48. The van der Waals surface area contributed by atoms with E-state index < -0.39 is 17.6 Å². The van der Waals surface area contributed by atoms with Crippen molar-refractivity contribution in [2.75, 3.05) is 5.32 Å². The number of alkyl halides is 3. The molecule has 0 saturated heterocycles. The third kappa shape index (κ3) is 2.95. The van der Waals surface area contributed by atoms with Crippen LogP contribution in [0.5, 0.6) is 5.75 Å². The predicted molar refractivity (Wildman–Crippen MR) is 91.7 cm³/mol. The van der Waals surface area contributed by atoms with Crippen molar-refractivity contribution < 1.29 is 27.5 Å². The van der Waals surface area contributed by atoms with Gasteiger partial charge in [0.1, 0.15) is 5.58 Å². The van der Waals surface area contributed by atoms with Gasteiger partial charge in [-0.15, -0.1) is 0 Å². The van der Waals surface area contributed by atoms with Crippen LogP contribution in [0.3, 0.4) is 0 Å². The molecular formula is C19H11F3N2O3. The molecule has 4 aromatic rings. The second-order valence-electron chi connectivity index (χ2n) is 5.84. The molecule has 5 nitrogen and oxygen atoms in total. The van der Waals surface area contributed by atoms with Crippen molar-refractivity contribution in [1.82, 2.24) is 4.98 Å². The number of aromatic hydroxyl groups is 1. The summed E-state index contributed by atoms with van der Waals surface area (Å²) in [5.74, 6) is -0.762. The maximum absolute atomic E-state index is 12.9. The topological polar surface area (TPSA) is 75.4 Å². The lowest BCUT2D eigenvalue weighted by molar-refractivity contribution is -0.137. The minimum atomic E-state index is -4.52. The van der Waals surface area contributed by atoms with E-state index in [-0.39, 0.29) is 28.2 Å². The molecule has 8 heteroatoms. The third-order valence-electron chi connectivity index (χ3n) is 4.08. The number of phenols is 1. The Morgan fingerprint density at radius 3 is 2.56 bits per heavy atom. The molecule has 2 bridgehead atoms. The fraction of sp³-hybridized carbons (Fsp3) is 0.0526. The summed E-state index contributed by atoms with van der Waals surface area (Å²) < 4.78 is 44.0. The van der Waals surface area contributed by atoms with E-state index in [4.69, 9.17) is 4.42 Å². The smallest absolute Gasteiger partial charge is 0.416 e. The number of rotatable bonds is 3. The van der Waals surface area contributed by atoms with Crippen molar-refractivity contribution in [1.29, 1.82) is 0 Å². The summed E-state index contributed by atoms with van der Waals surface area (Å²) in [6, 6.07) is 8.91. The summed E-state index contributed by atoms with van der Waals surface area (Å²) in [4.78, 5) is 16.7. The first kappa shape index (κ1) is 16.9. The van der Waals surface area contributed by atoms with E-state index in [1.807, 2.05) is 0 Å². The number of nitrogens with one attached hydrogen (secondary N) is 1. The molecule has 0 aliphatic carbocycles. The number of phenolic OH excluding ortho intramolecular Hbond substituents is 1. The Morgan fingerprint density at radius 2 is 1.85 bits per heavy atom. The molecule has 0 fully saturated rings. The van der Waals surface area contributed by atoms with E-state index in [2.05, 4.69) is 10.3 Å².